The van der Waals surface area contributed by atoms with Crippen LogP contribution in [0.25, 0.3) is 0 Å². The Morgan fingerprint density at radius 3 is 2.46 bits per heavy atom. The van der Waals surface area contributed by atoms with E-state index in [-0.39, 0.29) is 42.8 Å². The van der Waals surface area contributed by atoms with E-state index in [0.29, 0.717) is 18.1 Å². The highest BCUT2D eigenvalue weighted by atomic mass is 19.1. The first-order valence-corrected chi connectivity index (χ1v) is 9.22. The van der Waals surface area contributed by atoms with Crippen LogP contribution in [0.3, 0.4) is 0 Å². The Labute approximate surface area is 161 Å². The average molecular weight is 390 g/mol. The molecule has 1 fully saturated rings. The summed E-state index contributed by atoms with van der Waals surface area (Å²) in [4.78, 5) is 26.2. The Morgan fingerprint density at radius 1 is 1.04 bits per heavy atom. The summed E-state index contributed by atoms with van der Waals surface area (Å²) in [6.45, 7) is 0.406. The predicted molar refractivity (Wildman–Crippen MR) is 97.9 cm³/mol. The molecule has 2 aromatic rings. The van der Waals surface area contributed by atoms with Gasteiger partial charge in [-0.1, -0.05) is 18.2 Å². The lowest BCUT2D eigenvalue weighted by Gasteiger charge is -2.23. The zero-order chi connectivity index (χ0) is 20.1. The molecule has 3 rings (SSSR count). The highest BCUT2D eigenvalue weighted by Crippen LogP contribution is 2.29. The maximum atomic E-state index is 13.9. The third kappa shape index (κ3) is 5.12. The topological polar surface area (TPSA) is 49.4 Å². The number of carbonyl (C=O) groups is 2. The Morgan fingerprint density at radius 2 is 1.79 bits per heavy atom. The number of benzene rings is 2. The molecular formula is C21H21F3N2O2. The molecule has 0 spiro atoms. The maximum absolute atomic E-state index is 13.9. The smallest absolute Gasteiger partial charge is 0.254 e. The van der Waals surface area contributed by atoms with E-state index in [1.165, 1.54) is 6.07 Å². The summed E-state index contributed by atoms with van der Waals surface area (Å²) in [6.07, 6.45) is 2.37. The number of hydrogen-bond acceptors (Lipinski definition) is 2. The average Bonchev–Trinajstić information content (AvgIpc) is 3.49. The van der Waals surface area contributed by atoms with Crippen molar-refractivity contribution in [1.82, 2.24) is 10.2 Å². The Bertz CT molecular complexity index is 868. The van der Waals surface area contributed by atoms with Crippen LogP contribution in [0.1, 0.15) is 41.6 Å². The molecule has 7 heteroatoms. The molecule has 0 bridgehead atoms. The SMILES string of the molecule is O=C(NCCCC(=O)N(Cc1ccccc1F)C1CC1)c1ccc(F)cc1F. The van der Waals surface area contributed by atoms with Gasteiger partial charge < -0.3 is 10.2 Å². The molecule has 0 unspecified atom stereocenters. The largest absolute Gasteiger partial charge is 0.352 e. The van der Waals surface area contributed by atoms with E-state index >= 15 is 0 Å². The predicted octanol–water partition coefficient (Wildman–Crippen LogP) is 3.81. The lowest BCUT2D eigenvalue weighted by atomic mass is 10.1. The lowest BCUT2D eigenvalue weighted by Crippen LogP contribution is -2.33. The van der Waals surface area contributed by atoms with Gasteiger partial charge in [0, 0.05) is 37.2 Å². The van der Waals surface area contributed by atoms with Crippen molar-refractivity contribution in [3.8, 4) is 0 Å². The van der Waals surface area contributed by atoms with Gasteiger partial charge in [-0.05, 0) is 37.5 Å². The number of carbonyl (C=O) groups excluding carboxylic acids is 2. The first kappa shape index (κ1) is 19.9. The second-order valence-corrected chi connectivity index (χ2v) is 6.83. The third-order valence-corrected chi connectivity index (χ3v) is 4.64. The van der Waals surface area contributed by atoms with Crippen molar-refractivity contribution in [2.75, 3.05) is 6.54 Å². The van der Waals surface area contributed by atoms with E-state index < -0.39 is 17.5 Å². The summed E-state index contributed by atoms with van der Waals surface area (Å²) in [6, 6.07) is 9.24. The van der Waals surface area contributed by atoms with Crippen molar-refractivity contribution >= 4 is 11.8 Å². The first-order chi connectivity index (χ1) is 13.5. The fourth-order valence-electron chi connectivity index (χ4n) is 2.97. The van der Waals surface area contributed by atoms with E-state index in [1.807, 2.05) is 0 Å². The van der Waals surface area contributed by atoms with Gasteiger partial charge in [-0.2, -0.15) is 0 Å². The number of nitrogens with zero attached hydrogens (tertiary/aromatic N) is 1. The van der Waals surface area contributed by atoms with Crippen molar-refractivity contribution < 1.29 is 22.8 Å². The van der Waals surface area contributed by atoms with E-state index in [4.69, 9.17) is 0 Å². The monoisotopic (exact) mass is 390 g/mol. The second kappa shape index (κ2) is 8.91. The molecule has 0 aromatic heterocycles. The molecule has 2 aromatic carbocycles. The summed E-state index contributed by atoms with van der Waals surface area (Å²) < 4.78 is 40.4. The molecule has 0 radical (unpaired) electrons. The maximum Gasteiger partial charge on any atom is 0.254 e. The Hall–Kier alpha value is -2.83. The van der Waals surface area contributed by atoms with Crippen LogP contribution >= 0.6 is 0 Å². The molecule has 0 saturated heterocycles. The van der Waals surface area contributed by atoms with Crippen LogP contribution in [0.4, 0.5) is 13.2 Å². The minimum atomic E-state index is -0.932. The fourth-order valence-corrected chi connectivity index (χ4v) is 2.97. The van der Waals surface area contributed by atoms with Crippen molar-refractivity contribution in [2.45, 2.75) is 38.3 Å². The van der Waals surface area contributed by atoms with Crippen LogP contribution in [-0.2, 0) is 11.3 Å². The minimum Gasteiger partial charge on any atom is -0.352 e. The number of hydrogen-bond donors (Lipinski definition) is 1. The van der Waals surface area contributed by atoms with Crippen molar-refractivity contribution in [3.05, 3.63) is 71.0 Å². The molecule has 1 N–H and O–H groups in total. The standard InChI is InChI=1S/C21H21F3N2O2/c22-15-7-10-17(19(24)12-15)21(28)25-11-3-6-20(27)26(16-8-9-16)13-14-4-1-2-5-18(14)23/h1-2,4-5,7,10,12,16H,3,6,8-9,11,13H2,(H,25,28). The van der Waals surface area contributed by atoms with Gasteiger partial charge in [0.05, 0.1) is 5.56 Å². The van der Waals surface area contributed by atoms with Gasteiger partial charge in [-0.15, -0.1) is 0 Å². The molecule has 0 aliphatic heterocycles. The molecule has 148 valence electrons. The molecule has 1 aliphatic rings. The fraction of sp³-hybridized carbons (Fsp3) is 0.333. The third-order valence-electron chi connectivity index (χ3n) is 4.64. The molecular weight excluding hydrogens is 369 g/mol. The quantitative estimate of drug-likeness (QED) is 0.697. The van der Waals surface area contributed by atoms with E-state index in [1.54, 1.807) is 23.1 Å². The van der Waals surface area contributed by atoms with Crippen LogP contribution in [0.15, 0.2) is 42.5 Å². The lowest BCUT2D eigenvalue weighted by molar-refractivity contribution is -0.132. The molecule has 1 aliphatic carbocycles. The number of amides is 2. The van der Waals surface area contributed by atoms with E-state index in [0.717, 1.165) is 25.0 Å². The van der Waals surface area contributed by atoms with Gasteiger partial charge >= 0.3 is 0 Å². The van der Waals surface area contributed by atoms with Gasteiger partial charge in [0.1, 0.15) is 17.5 Å². The molecule has 0 heterocycles. The summed E-state index contributed by atoms with van der Waals surface area (Å²) in [7, 11) is 0. The highest BCUT2D eigenvalue weighted by Gasteiger charge is 2.32. The van der Waals surface area contributed by atoms with Gasteiger partial charge in [0.2, 0.25) is 5.91 Å². The molecule has 4 nitrogen and oxygen atoms in total. The summed E-state index contributed by atoms with van der Waals surface area (Å²) in [5, 5.41) is 2.53. The molecule has 0 atom stereocenters. The van der Waals surface area contributed by atoms with Crippen molar-refractivity contribution in [1.29, 1.82) is 0 Å². The normalized spacial score (nSPS) is 13.2. The molecule has 1 saturated carbocycles. The summed E-state index contributed by atoms with van der Waals surface area (Å²) in [5.74, 6) is -2.79. The number of nitrogens with one attached hydrogen (secondary N) is 1. The zero-order valence-electron chi connectivity index (χ0n) is 15.3. The van der Waals surface area contributed by atoms with Crippen LogP contribution in [0.2, 0.25) is 0 Å². The van der Waals surface area contributed by atoms with Crippen LogP contribution in [-0.4, -0.2) is 29.3 Å². The molecule has 28 heavy (non-hydrogen) atoms. The van der Waals surface area contributed by atoms with Crippen molar-refractivity contribution in [2.24, 2.45) is 0 Å². The van der Waals surface area contributed by atoms with Crippen LogP contribution in [0, 0.1) is 17.5 Å². The van der Waals surface area contributed by atoms with Crippen LogP contribution < -0.4 is 5.32 Å². The highest BCUT2D eigenvalue weighted by molar-refractivity contribution is 5.94. The van der Waals surface area contributed by atoms with E-state index in [9.17, 15) is 22.8 Å². The Balaban J connectivity index is 1.48. The van der Waals surface area contributed by atoms with Crippen LogP contribution in [0.5, 0.6) is 0 Å². The van der Waals surface area contributed by atoms with Gasteiger partial charge in [0.25, 0.3) is 5.91 Å². The van der Waals surface area contributed by atoms with E-state index in [2.05, 4.69) is 5.32 Å². The van der Waals surface area contributed by atoms with Gasteiger partial charge in [-0.25, -0.2) is 13.2 Å². The summed E-state index contributed by atoms with van der Waals surface area (Å²) in [5.41, 5.74) is 0.231. The van der Waals surface area contributed by atoms with Gasteiger partial charge in [-0.3, -0.25) is 9.59 Å². The second-order valence-electron chi connectivity index (χ2n) is 6.83. The Kier molecular flexibility index (Phi) is 6.34. The van der Waals surface area contributed by atoms with Crippen molar-refractivity contribution in [3.63, 3.8) is 0 Å². The first-order valence-electron chi connectivity index (χ1n) is 9.22. The number of halogens is 3. The number of rotatable bonds is 8. The molecule has 2 amide bonds. The zero-order valence-corrected chi connectivity index (χ0v) is 15.3. The summed E-state index contributed by atoms with van der Waals surface area (Å²) >= 11 is 0. The van der Waals surface area contributed by atoms with Gasteiger partial charge in [0.15, 0.2) is 0 Å². The minimum absolute atomic E-state index is 0.104.